The summed E-state index contributed by atoms with van der Waals surface area (Å²) in [5.74, 6) is 0. The number of hydrogen-bond acceptors (Lipinski definition) is 2. The molecule has 0 aliphatic heterocycles. The SMILES string of the molecule is CC(NCc1cnn(C(C)(C)C)c1)c1ccc2c(c1)CCCC2. The zero-order valence-corrected chi connectivity index (χ0v) is 14.9. The van der Waals surface area contributed by atoms with E-state index in [9.17, 15) is 0 Å². The molecular weight excluding hydrogens is 282 g/mol. The largest absolute Gasteiger partial charge is 0.306 e. The molecule has 2 aromatic rings. The highest BCUT2D eigenvalue weighted by atomic mass is 15.3. The third-order valence-electron chi connectivity index (χ3n) is 4.81. The third kappa shape index (κ3) is 3.84. The van der Waals surface area contributed by atoms with Gasteiger partial charge < -0.3 is 5.32 Å². The maximum atomic E-state index is 4.47. The molecule has 0 saturated heterocycles. The number of nitrogens with zero attached hydrogens (tertiary/aromatic N) is 2. The van der Waals surface area contributed by atoms with Crippen molar-refractivity contribution in [2.45, 2.75) is 71.5 Å². The smallest absolute Gasteiger partial charge is 0.0543 e. The van der Waals surface area contributed by atoms with Crippen LogP contribution in [-0.2, 0) is 24.9 Å². The Kier molecular flexibility index (Phi) is 4.58. The van der Waals surface area contributed by atoms with Gasteiger partial charge >= 0.3 is 0 Å². The Morgan fingerprint density at radius 1 is 1.17 bits per heavy atom. The number of benzene rings is 1. The Bertz CT molecular complexity index is 664. The summed E-state index contributed by atoms with van der Waals surface area (Å²) in [5.41, 5.74) is 5.79. The summed E-state index contributed by atoms with van der Waals surface area (Å²) in [6.45, 7) is 9.62. The molecule has 0 fully saturated rings. The molecule has 0 radical (unpaired) electrons. The molecule has 1 aromatic carbocycles. The van der Waals surface area contributed by atoms with Crippen molar-refractivity contribution in [2.24, 2.45) is 0 Å². The second-order valence-electron chi connectivity index (χ2n) is 7.80. The van der Waals surface area contributed by atoms with Gasteiger partial charge in [-0.1, -0.05) is 18.2 Å². The highest BCUT2D eigenvalue weighted by Crippen LogP contribution is 2.25. The lowest BCUT2D eigenvalue weighted by molar-refractivity contribution is 0.355. The Balaban J connectivity index is 1.63. The lowest BCUT2D eigenvalue weighted by atomic mass is 9.89. The van der Waals surface area contributed by atoms with Gasteiger partial charge in [-0.2, -0.15) is 5.10 Å². The molecule has 3 nitrogen and oxygen atoms in total. The van der Waals surface area contributed by atoms with Crippen LogP contribution >= 0.6 is 0 Å². The predicted octanol–water partition coefficient (Wildman–Crippen LogP) is 4.37. The monoisotopic (exact) mass is 311 g/mol. The minimum atomic E-state index is 0.0440. The summed E-state index contributed by atoms with van der Waals surface area (Å²) in [7, 11) is 0. The van der Waals surface area contributed by atoms with Crippen LogP contribution in [0, 0.1) is 0 Å². The maximum absolute atomic E-state index is 4.47. The van der Waals surface area contributed by atoms with E-state index < -0.39 is 0 Å². The molecule has 0 bridgehead atoms. The van der Waals surface area contributed by atoms with Crippen molar-refractivity contribution >= 4 is 0 Å². The number of aromatic nitrogens is 2. The van der Waals surface area contributed by atoms with Crippen LogP contribution < -0.4 is 5.32 Å². The average molecular weight is 311 g/mol. The first-order chi connectivity index (χ1) is 10.9. The van der Waals surface area contributed by atoms with E-state index in [1.54, 1.807) is 11.1 Å². The molecule has 0 spiro atoms. The maximum Gasteiger partial charge on any atom is 0.0543 e. The first-order valence-electron chi connectivity index (χ1n) is 8.82. The van der Waals surface area contributed by atoms with Crippen molar-refractivity contribution in [3.8, 4) is 0 Å². The third-order valence-corrected chi connectivity index (χ3v) is 4.81. The van der Waals surface area contributed by atoms with Gasteiger partial charge in [0.1, 0.15) is 0 Å². The van der Waals surface area contributed by atoms with Crippen molar-refractivity contribution in [2.75, 3.05) is 0 Å². The van der Waals surface area contributed by atoms with Gasteiger partial charge in [0.25, 0.3) is 0 Å². The fourth-order valence-corrected chi connectivity index (χ4v) is 3.23. The topological polar surface area (TPSA) is 29.9 Å². The van der Waals surface area contributed by atoms with E-state index in [0.717, 1.165) is 6.54 Å². The van der Waals surface area contributed by atoms with Gasteiger partial charge in [-0.25, -0.2) is 0 Å². The van der Waals surface area contributed by atoms with Crippen LogP contribution in [0.25, 0.3) is 0 Å². The molecule has 1 aliphatic rings. The number of aryl methyl sites for hydroxylation is 2. The molecule has 124 valence electrons. The fourth-order valence-electron chi connectivity index (χ4n) is 3.23. The van der Waals surface area contributed by atoms with E-state index in [1.165, 1.54) is 36.8 Å². The lowest BCUT2D eigenvalue weighted by Crippen LogP contribution is -2.22. The lowest BCUT2D eigenvalue weighted by Gasteiger charge is -2.20. The van der Waals surface area contributed by atoms with Gasteiger partial charge in [0.2, 0.25) is 0 Å². The Hall–Kier alpha value is -1.61. The van der Waals surface area contributed by atoms with Gasteiger partial charge in [0.15, 0.2) is 0 Å². The summed E-state index contributed by atoms with van der Waals surface area (Å²) in [6, 6.07) is 7.39. The summed E-state index contributed by atoms with van der Waals surface area (Å²) in [5, 5.41) is 8.11. The van der Waals surface area contributed by atoms with Gasteiger partial charge in [-0.15, -0.1) is 0 Å². The van der Waals surface area contributed by atoms with E-state index in [0.29, 0.717) is 6.04 Å². The normalized spacial score (nSPS) is 16.2. The Labute approximate surface area is 140 Å². The van der Waals surface area contributed by atoms with Crippen LogP contribution in [0.3, 0.4) is 0 Å². The first kappa shape index (κ1) is 16.3. The van der Waals surface area contributed by atoms with E-state index >= 15 is 0 Å². The van der Waals surface area contributed by atoms with Gasteiger partial charge in [-0.3, -0.25) is 4.68 Å². The molecule has 23 heavy (non-hydrogen) atoms. The molecule has 0 saturated carbocycles. The fraction of sp³-hybridized carbons (Fsp3) is 0.550. The molecule has 1 N–H and O–H groups in total. The van der Waals surface area contributed by atoms with Gasteiger partial charge in [0.05, 0.1) is 11.7 Å². The first-order valence-corrected chi connectivity index (χ1v) is 8.82. The summed E-state index contributed by atoms with van der Waals surface area (Å²) in [6.07, 6.45) is 9.30. The average Bonchev–Trinajstić information content (AvgIpc) is 3.01. The molecule has 1 aromatic heterocycles. The quantitative estimate of drug-likeness (QED) is 0.909. The van der Waals surface area contributed by atoms with Crippen molar-refractivity contribution < 1.29 is 0 Å². The minimum Gasteiger partial charge on any atom is -0.306 e. The second kappa shape index (κ2) is 6.48. The van der Waals surface area contributed by atoms with E-state index in [2.05, 4.69) is 62.5 Å². The molecule has 3 heteroatoms. The second-order valence-corrected chi connectivity index (χ2v) is 7.80. The summed E-state index contributed by atoms with van der Waals surface area (Å²) < 4.78 is 2.04. The van der Waals surface area contributed by atoms with Crippen molar-refractivity contribution in [1.82, 2.24) is 15.1 Å². The molecule has 0 amide bonds. The van der Waals surface area contributed by atoms with Crippen LogP contribution in [0.1, 0.15) is 68.8 Å². The Morgan fingerprint density at radius 3 is 2.61 bits per heavy atom. The van der Waals surface area contributed by atoms with Crippen LogP contribution in [0.4, 0.5) is 0 Å². The molecular formula is C20H29N3. The molecule has 1 atom stereocenters. The number of nitrogens with one attached hydrogen (secondary N) is 1. The van der Waals surface area contributed by atoms with E-state index in [1.807, 2.05) is 10.9 Å². The van der Waals surface area contributed by atoms with Crippen molar-refractivity contribution in [3.63, 3.8) is 0 Å². The van der Waals surface area contributed by atoms with Crippen molar-refractivity contribution in [3.05, 3.63) is 52.8 Å². The zero-order chi connectivity index (χ0) is 16.4. The standard InChI is InChI=1S/C20H29N3/c1-15(18-10-9-17-7-5-6-8-19(17)11-18)21-12-16-13-22-23(14-16)20(2,3)4/h9-11,13-15,21H,5-8,12H2,1-4H3. The zero-order valence-electron chi connectivity index (χ0n) is 14.9. The minimum absolute atomic E-state index is 0.0440. The molecule has 3 rings (SSSR count). The van der Waals surface area contributed by atoms with Crippen LogP contribution in [0.5, 0.6) is 0 Å². The van der Waals surface area contributed by atoms with Crippen LogP contribution in [0.2, 0.25) is 0 Å². The van der Waals surface area contributed by atoms with Gasteiger partial charge in [0, 0.05) is 24.3 Å². The van der Waals surface area contributed by atoms with E-state index in [-0.39, 0.29) is 5.54 Å². The summed E-state index contributed by atoms with van der Waals surface area (Å²) in [4.78, 5) is 0. The highest BCUT2D eigenvalue weighted by molar-refractivity contribution is 5.35. The number of fused-ring (bicyclic) bond motifs is 1. The van der Waals surface area contributed by atoms with Crippen LogP contribution in [-0.4, -0.2) is 9.78 Å². The van der Waals surface area contributed by atoms with Gasteiger partial charge in [-0.05, 0) is 70.1 Å². The molecule has 1 heterocycles. The molecule has 1 aliphatic carbocycles. The van der Waals surface area contributed by atoms with Crippen molar-refractivity contribution in [1.29, 1.82) is 0 Å². The molecule has 1 unspecified atom stereocenters. The Morgan fingerprint density at radius 2 is 1.91 bits per heavy atom. The number of hydrogen-bond donors (Lipinski definition) is 1. The highest BCUT2D eigenvalue weighted by Gasteiger charge is 2.15. The van der Waals surface area contributed by atoms with E-state index in [4.69, 9.17) is 0 Å². The van der Waals surface area contributed by atoms with Crippen LogP contribution in [0.15, 0.2) is 30.6 Å². The number of rotatable bonds is 4. The predicted molar refractivity (Wildman–Crippen MR) is 95.6 cm³/mol. The summed E-state index contributed by atoms with van der Waals surface area (Å²) >= 11 is 0.